The molecule has 11 heteroatoms. The summed E-state index contributed by atoms with van der Waals surface area (Å²) in [5, 5.41) is 2.70. The van der Waals surface area contributed by atoms with Crippen LogP contribution in [0.2, 0.25) is 0 Å². The number of amides is 1. The van der Waals surface area contributed by atoms with Crippen LogP contribution >= 0.6 is 0 Å². The molecule has 0 aliphatic carbocycles. The topological polar surface area (TPSA) is 85.4 Å². The van der Waals surface area contributed by atoms with Gasteiger partial charge in [-0.25, -0.2) is 9.37 Å². The van der Waals surface area contributed by atoms with Crippen molar-refractivity contribution in [1.29, 1.82) is 0 Å². The zero-order chi connectivity index (χ0) is 25.0. The molecule has 186 valence electrons. The second kappa shape index (κ2) is 10.8. The van der Waals surface area contributed by atoms with Crippen molar-refractivity contribution < 1.29 is 31.1 Å². The van der Waals surface area contributed by atoms with Gasteiger partial charge in [0.1, 0.15) is 17.3 Å². The van der Waals surface area contributed by atoms with Gasteiger partial charge in [-0.3, -0.25) is 9.00 Å². The average Bonchev–Trinajstić information content (AvgIpc) is 2.78. The summed E-state index contributed by atoms with van der Waals surface area (Å²) < 4.78 is 75.5. The summed E-state index contributed by atoms with van der Waals surface area (Å²) in [6.45, 7) is 4.77. The number of nitrogens with zero attached hydrogens (tertiary/aromatic N) is 2. The lowest BCUT2D eigenvalue weighted by Crippen LogP contribution is -2.35. The lowest BCUT2D eigenvalue weighted by atomic mass is 9.98. The molecular formula is C23H26F4N3O3S-. The van der Waals surface area contributed by atoms with Crippen molar-refractivity contribution in [3.05, 3.63) is 58.5 Å². The summed E-state index contributed by atoms with van der Waals surface area (Å²) in [5.74, 6) is -1.72. The van der Waals surface area contributed by atoms with Gasteiger partial charge >= 0.3 is 6.18 Å². The third-order valence-electron chi connectivity index (χ3n) is 6.03. The number of hydrogen-bond acceptors (Lipinski definition) is 5. The molecule has 1 aromatic heterocycles. The first-order chi connectivity index (χ1) is 16.0. The minimum Gasteiger partial charge on any atom is -0.772 e. The molecule has 1 amide bonds. The Morgan fingerprint density at radius 2 is 1.88 bits per heavy atom. The van der Waals surface area contributed by atoms with Gasteiger partial charge in [-0.1, -0.05) is 36.2 Å². The fourth-order valence-electron chi connectivity index (χ4n) is 3.83. The number of aromatic nitrogens is 1. The van der Waals surface area contributed by atoms with Crippen LogP contribution in [0.25, 0.3) is 0 Å². The van der Waals surface area contributed by atoms with E-state index in [1.54, 1.807) is 6.92 Å². The highest BCUT2D eigenvalue weighted by atomic mass is 32.2. The number of carbonyl (C=O) groups is 1. The first kappa shape index (κ1) is 26.1. The van der Waals surface area contributed by atoms with Crippen molar-refractivity contribution in [2.75, 3.05) is 18.0 Å². The Morgan fingerprint density at radius 1 is 1.24 bits per heavy atom. The van der Waals surface area contributed by atoms with Crippen molar-refractivity contribution in [2.45, 2.75) is 51.1 Å². The van der Waals surface area contributed by atoms with E-state index in [1.165, 1.54) is 18.2 Å². The van der Waals surface area contributed by atoms with Gasteiger partial charge < -0.3 is 14.8 Å². The molecule has 0 saturated carbocycles. The monoisotopic (exact) mass is 500 g/mol. The van der Waals surface area contributed by atoms with Crippen molar-refractivity contribution >= 4 is 22.8 Å². The maximum Gasteiger partial charge on any atom is 0.433 e. The van der Waals surface area contributed by atoms with E-state index in [-0.39, 0.29) is 17.9 Å². The molecule has 3 rings (SSSR count). The van der Waals surface area contributed by atoms with Crippen LogP contribution in [0.5, 0.6) is 0 Å². The average molecular weight is 501 g/mol. The second-order valence-corrected chi connectivity index (χ2v) is 9.48. The highest BCUT2D eigenvalue weighted by molar-refractivity contribution is 7.78. The summed E-state index contributed by atoms with van der Waals surface area (Å²) in [6.07, 6.45) is -2.91. The van der Waals surface area contributed by atoms with Gasteiger partial charge in [-0.2, -0.15) is 13.2 Å². The zero-order valence-corrected chi connectivity index (χ0v) is 19.6. The molecule has 1 N–H and O–H groups in total. The van der Waals surface area contributed by atoms with Gasteiger partial charge in [0.05, 0.1) is 5.92 Å². The Kier molecular flexibility index (Phi) is 8.29. The highest BCUT2D eigenvalue weighted by Crippen LogP contribution is 2.32. The predicted molar refractivity (Wildman–Crippen MR) is 119 cm³/mol. The number of nitrogens with one attached hydrogen (secondary N) is 1. The number of hydrogen-bond donors (Lipinski definition) is 1. The van der Waals surface area contributed by atoms with Crippen molar-refractivity contribution in [2.24, 2.45) is 5.92 Å². The molecule has 1 aliphatic heterocycles. The van der Waals surface area contributed by atoms with Crippen LogP contribution in [0.4, 0.5) is 23.4 Å². The Balaban J connectivity index is 1.75. The quantitative estimate of drug-likeness (QED) is 0.453. The molecule has 2 aromatic rings. The molecule has 2 heterocycles. The molecule has 0 radical (unpaired) electrons. The molecule has 0 spiro atoms. The largest absolute Gasteiger partial charge is 0.772 e. The van der Waals surface area contributed by atoms with Crippen LogP contribution < -0.4 is 10.2 Å². The van der Waals surface area contributed by atoms with E-state index in [1.807, 2.05) is 4.90 Å². The van der Waals surface area contributed by atoms with Gasteiger partial charge in [-0.15, -0.1) is 0 Å². The Labute approximate surface area is 198 Å². The molecule has 1 saturated heterocycles. The molecule has 1 fully saturated rings. The van der Waals surface area contributed by atoms with E-state index in [2.05, 4.69) is 17.2 Å². The van der Waals surface area contributed by atoms with Gasteiger partial charge in [-0.05, 0) is 48.9 Å². The summed E-state index contributed by atoms with van der Waals surface area (Å²) in [4.78, 5) is 18.4. The second-order valence-electron chi connectivity index (χ2n) is 8.58. The maximum absolute atomic E-state index is 14.2. The van der Waals surface area contributed by atoms with Crippen LogP contribution in [0.15, 0.2) is 30.3 Å². The summed E-state index contributed by atoms with van der Waals surface area (Å²) >= 11 is -2.44. The minimum absolute atomic E-state index is 0.000937. The fourth-order valence-corrected chi connectivity index (χ4v) is 4.32. The van der Waals surface area contributed by atoms with E-state index in [0.717, 1.165) is 25.0 Å². The Morgan fingerprint density at radius 3 is 2.47 bits per heavy atom. The number of halogens is 4. The number of anilines is 1. The zero-order valence-electron chi connectivity index (χ0n) is 18.8. The molecule has 0 bridgehead atoms. The van der Waals surface area contributed by atoms with Crippen molar-refractivity contribution in [1.82, 2.24) is 10.3 Å². The van der Waals surface area contributed by atoms with E-state index in [0.29, 0.717) is 30.1 Å². The molecular weight excluding hydrogens is 474 g/mol. The standard InChI is InChI=1S/C23H27F4N3O3S/c1-14-7-9-30(10-8-14)21-17(5-6-20(29-21)23(25,26)27)12-28-22(31)15(2)16-3-4-18(13-34(32)33)19(24)11-16/h3-6,11,14-15H,7-10,12-13H2,1-2H3,(H,28,31)(H,32,33)/p-1. The van der Waals surface area contributed by atoms with Crippen LogP contribution in [0, 0.1) is 11.7 Å². The lowest BCUT2D eigenvalue weighted by Gasteiger charge is -2.33. The summed E-state index contributed by atoms with van der Waals surface area (Å²) in [5.41, 5.74) is -0.172. The fraction of sp³-hybridized carbons (Fsp3) is 0.478. The maximum atomic E-state index is 14.2. The van der Waals surface area contributed by atoms with Crippen molar-refractivity contribution in [3.63, 3.8) is 0 Å². The SMILES string of the molecule is CC1CCN(c2nc(C(F)(F)F)ccc2CNC(=O)C(C)c2ccc(CS(=O)[O-])c(F)c2)CC1. The summed E-state index contributed by atoms with van der Waals surface area (Å²) in [7, 11) is 0. The predicted octanol–water partition coefficient (Wildman–Crippen LogP) is 4.27. The molecule has 34 heavy (non-hydrogen) atoms. The van der Waals surface area contributed by atoms with Crippen molar-refractivity contribution in [3.8, 4) is 0 Å². The summed E-state index contributed by atoms with van der Waals surface area (Å²) in [6, 6.07) is 6.14. The number of rotatable bonds is 7. The van der Waals surface area contributed by atoms with E-state index >= 15 is 0 Å². The number of pyridine rings is 1. The van der Waals surface area contributed by atoms with Gasteiger partial charge in [0.15, 0.2) is 0 Å². The first-order valence-corrected chi connectivity index (χ1v) is 12.1. The smallest absolute Gasteiger partial charge is 0.433 e. The third-order valence-corrected chi connectivity index (χ3v) is 6.57. The van der Waals surface area contributed by atoms with Crippen LogP contribution in [0.3, 0.4) is 0 Å². The highest BCUT2D eigenvalue weighted by Gasteiger charge is 2.34. The van der Waals surface area contributed by atoms with E-state index in [9.17, 15) is 31.1 Å². The third kappa shape index (κ3) is 6.53. The molecule has 2 unspecified atom stereocenters. The van der Waals surface area contributed by atoms with Gasteiger partial charge in [0, 0.05) is 31.0 Å². The number of carbonyl (C=O) groups excluding carboxylic acids is 1. The Hall–Kier alpha value is -2.53. The molecule has 1 aliphatic rings. The van der Waals surface area contributed by atoms with Crippen LogP contribution in [-0.4, -0.2) is 32.7 Å². The van der Waals surface area contributed by atoms with Gasteiger partial charge in [0.25, 0.3) is 0 Å². The normalized spacial score (nSPS) is 16.9. The lowest BCUT2D eigenvalue weighted by molar-refractivity contribution is -0.141. The molecule has 6 nitrogen and oxygen atoms in total. The van der Waals surface area contributed by atoms with Crippen LogP contribution in [-0.2, 0) is 34.3 Å². The number of alkyl halides is 3. The number of benzene rings is 1. The minimum atomic E-state index is -4.58. The molecule has 2 atom stereocenters. The van der Waals surface area contributed by atoms with Gasteiger partial charge in [0.2, 0.25) is 5.91 Å². The van der Waals surface area contributed by atoms with E-state index < -0.39 is 46.3 Å². The van der Waals surface area contributed by atoms with E-state index in [4.69, 9.17) is 0 Å². The van der Waals surface area contributed by atoms with Crippen LogP contribution in [0.1, 0.15) is 55.0 Å². The molecule has 1 aromatic carbocycles. The Bertz CT molecular complexity index is 1060. The first-order valence-electron chi connectivity index (χ1n) is 10.9. The number of piperidine rings is 1.